The van der Waals surface area contributed by atoms with Crippen molar-refractivity contribution in [3.05, 3.63) is 120 Å². The quantitative estimate of drug-likeness (QED) is 0.259. The van der Waals surface area contributed by atoms with Gasteiger partial charge in [0.05, 0.1) is 5.92 Å². The van der Waals surface area contributed by atoms with Crippen molar-refractivity contribution in [1.29, 1.82) is 0 Å². The minimum Gasteiger partial charge on any atom is -0.436 e. The van der Waals surface area contributed by atoms with Crippen molar-refractivity contribution in [2.45, 2.75) is 19.3 Å². The fraction of sp³-hybridized carbons (Fsp3) is 0.100. The molecular formula is C30H25N3O2S. The number of carbonyl (C=O) groups is 1. The molecule has 1 amide bonds. The highest BCUT2D eigenvalue weighted by Gasteiger charge is 2.23. The Balaban J connectivity index is 1.28. The molecule has 0 spiro atoms. The fourth-order valence-corrected chi connectivity index (χ4v) is 4.36. The highest BCUT2D eigenvalue weighted by atomic mass is 32.1. The van der Waals surface area contributed by atoms with Crippen molar-refractivity contribution >= 4 is 40.0 Å². The maximum Gasteiger partial charge on any atom is 0.238 e. The molecule has 5 aromatic rings. The lowest BCUT2D eigenvalue weighted by atomic mass is 9.90. The molecule has 0 saturated heterocycles. The lowest BCUT2D eigenvalue weighted by molar-refractivity contribution is -0.120. The molecule has 0 aliphatic rings. The minimum atomic E-state index is -0.470. The van der Waals surface area contributed by atoms with Gasteiger partial charge in [0.15, 0.2) is 10.7 Å². The second-order valence-electron chi connectivity index (χ2n) is 8.45. The molecule has 0 saturated carbocycles. The van der Waals surface area contributed by atoms with Crippen LogP contribution in [0.4, 0.5) is 5.69 Å². The molecule has 4 aromatic carbocycles. The van der Waals surface area contributed by atoms with Crippen molar-refractivity contribution in [3.8, 4) is 11.5 Å². The number of amides is 1. The Labute approximate surface area is 215 Å². The Bertz CT molecular complexity index is 1460. The normalized spacial score (nSPS) is 10.9. The van der Waals surface area contributed by atoms with E-state index in [2.05, 4.69) is 34.7 Å². The van der Waals surface area contributed by atoms with Gasteiger partial charge in [0.2, 0.25) is 11.8 Å². The molecule has 0 radical (unpaired) electrons. The molecule has 5 rings (SSSR count). The average Bonchev–Trinajstić information content (AvgIpc) is 3.34. The van der Waals surface area contributed by atoms with Gasteiger partial charge in [-0.15, -0.1) is 0 Å². The van der Waals surface area contributed by atoms with E-state index in [4.69, 9.17) is 16.6 Å². The number of aromatic nitrogens is 1. The van der Waals surface area contributed by atoms with Gasteiger partial charge >= 0.3 is 0 Å². The van der Waals surface area contributed by atoms with Crippen LogP contribution >= 0.6 is 12.2 Å². The molecule has 36 heavy (non-hydrogen) atoms. The van der Waals surface area contributed by atoms with Crippen LogP contribution in [0.1, 0.15) is 29.5 Å². The predicted octanol–water partition coefficient (Wildman–Crippen LogP) is 6.70. The summed E-state index contributed by atoms with van der Waals surface area (Å²) in [6, 6.07) is 33.0. The van der Waals surface area contributed by atoms with E-state index in [9.17, 15) is 4.79 Å². The van der Waals surface area contributed by atoms with Gasteiger partial charge < -0.3 is 15.1 Å². The monoisotopic (exact) mass is 491 g/mol. The standard InChI is InChI=1S/C30H25N3O2S/c1-2-20-13-18-26-25(19-20)32-29(35-26)23-14-16-24(17-15-23)31-30(36)33-28(34)27(21-9-5-3-6-10-21)22-11-7-4-8-12-22/h3-19,27H,2H2,1H3,(H2,31,33,34,36). The molecule has 1 aromatic heterocycles. The third-order valence-corrected chi connectivity index (χ3v) is 6.22. The lowest BCUT2D eigenvalue weighted by Crippen LogP contribution is -2.37. The van der Waals surface area contributed by atoms with E-state index in [1.54, 1.807) is 0 Å². The number of fused-ring (bicyclic) bond motifs is 1. The first-order chi connectivity index (χ1) is 17.6. The SMILES string of the molecule is CCc1ccc2oc(-c3ccc(NC(=S)NC(=O)C(c4ccccc4)c4ccccc4)cc3)nc2c1. The minimum absolute atomic E-state index is 0.195. The Kier molecular flexibility index (Phi) is 6.87. The van der Waals surface area contributed by atoms with Gasteiger partial charge in [0.25, 0.3) is 0 Å². The van der Waals surface area contributed by atoms with E-state index < -0.39 is 5.92 Å². The van der Waals surface area contributed by atoms with E-state index in [0.717, 1.165) is 39.9 Å². The zero-order chi connectivity index (χ0) is 24.9. The molecule has 0 aliphatic carbocycles. The zero-order valence-corrected chi connectivity index (χ0v) is 20.6. The number of benzene rings is 4. The molecule has 6 heteroatoms. The Morgan fingerprint density at radius 1 is 0.889 bits per heavy atom. The molecule has 178 valence electrons. The van der Waals surface area contributed by atoms with Gasteiger partial charge in [-0.25, -0.2) is 4.98 Å². The van der Waals surface area contributed by atoms with Gasteiger partial charge in [0, 0.05) is 11.3 Å². The predicted molar refractivity (Wildman–Crippen MR) is 148 cm³/mol. The number of carbonyl (C=O) groups excluding carboxylic acids is 1. The van der Waals surface area contributed by atoms with Crippen LogP contribution in [0, 0.1) is 0 Å². The summed E-state index contributed by atoms with van der Waals surface area (Å²) in [7, 11) is 0. The van der Waals surface area contributed by atoms with Crippen molar-refractivity contribution in [3.63, 3.8) is 0 Å². The maximum atomic E-state index is 13.3. The second-order valence-corrected chi connectivity index (χ2v) is 8.86. The van der Waals surface area contributed by atoms with Gasteiger partial charge in [0.1, 0.15) is 5.52 Å². The second kappa shape index (κ2) is 10.5. The third kappa shape index (κ3) is 5.19. The fourth-order valence-electron chi connectivity index (χ4n) is 4.15. The number of hydrogen-bond donors (Lipinski definition) is 2. The summed E-state index contributed by atoms with van der Waals surface area (Å²) in [5.74, 6) is -0.101. The summed E-state index contributed by atoms with van der Waals surface area (Å²) in [5.41, 5.74) is 6.25. The van der Waals surface area contributed by atoms with Gasteiger partial charge in [-0.2, -0.15) is 0 Å². The van der Waals surface area contributed by atoms with Crippen LogP contribution in [0.2, 0.25) is 0 Å². The highest BCUT2D eigenvalue weighted by molar-refractivity contribution is 7.80. The van der Waals surface area contributed by atoms with Crippen molar-refractivity contribution in [2.24, 2.45) is 0 Å². The molecule has 1 heterocycles. The largest absolute Gasteiger partial charge is 0.436 e. The molecule has 2 N–H and O–H groups in total. The number of thiocarbonyl (C=S) groups is 1. The molecule has 0 atom stereocenters. The smallest absolute Gasteiger partial charge is 0.238 e. The number of hydrogen-bond acceptors (Lipinski definition) is 4. The van der Waals surface area contributed by atoms with Crippen LogP contribution in [0.15, 0.2) is 108 Å². The average molecular weight is 492 g/mol. The number of nitrogens with zero attached hydrogens (tertiary/aromatic N) is 1. The molecule has 0 fully saturated rings. The summed E-state index contributed by atoms with van der Waals surface area (Å²) in [6.45, 7) is 2.12. The van der Waals surface area contributed by atoms with Crippen LogP contribution < -0.4 is 10.6 Å². The third-order valence-electron chi connectivity index (χ3n) is 6.01. The number of anilines is 1. The van der Waals surface area contributed by atoms with Crippen molar-refractivity contribution < 1.29 is 9.21 Å². The van der Waals surface area contributed by atoms with E-state index >= 15 is 0 Å². The van der Waals surface area contributed by atoms with E-state index in [1.807, 2.05) is 91.0 Å². The lowest BCUT2D eigenvalue weighted by Gasteiger charge is -2.18. The van der Waals surface area contributed by atoms with Gasteiger partial charge in [-0.3, -0.25) is 4.79 Å². The Morgan fingerprint density at radius 3 is 2.14 bits per heavy atom. The van der Waals surface area contributed by atoms with E-state index in [0.29, 0.717) is 5.89 Å². The van der Waals surface area contributed by atoms with Gasteiger partial charge in [-0.05, 0) is 71.7 Å². The first-order valence-corrected chi connectivity index (χ1v) is 12.2. The van der Waals surface area contributed by atoms with Crippen LogP contribution in [-0.4, -0.2) is 16.0 Å². The summed E-state index contributed by atoms with van der Waals surface area (Å²) >= 11 is 5.45. The Morgan fingerprint density at radius 2 is 1.53 bits per heavy atom. The maximum absolute atomic E-state index is 13.3. The molecular weight excluding hydrogens is 466 g/mol. The summed E-state index contributed by atoms with van der Waals surface area (Å²) in [4.78, 5) is 17.9. The zero-order valence-electron chi connectivity index (χ0n) is 19.8. The molecule has 0 unspecified atom stereocenters. The first-order valence-electron chi connectivity index (χ1n) is 11.8. The van der Waals surface area contributed by atoms with Crippen LogP contribution in [-0.2, 0) is 11.2 Å². The van der Waals surface area contributed by atoms with Crippen molar-refractivity contribution in [2.75, 3.05) is 5.32 Å². The van der Waals surface area contributed by atoms with Crippen molar-refractivity contribution in [1.82, 2.24) is 10.3 Å². The van der Waals surface area contributed by atoms with Crippen LogP contribution in [0.3, 0.4) is 0 Å². The molecule has 0 bridgehead atoms. The van der Waals surface area contributed by atoms with Crippen LogP contribution in [0.25, 0.3) is 22.6 Å². The van der Waals surface area contributed by atoms with E-state index in [-0.39, 0.29) is 11.0 Å². The van der Waals surface area contributed by atoms with E-state index in [1.165, 1.54) is 5.56 Å². The topological polar surface area (TPSA) is 67.2 Å². The van der Waals surface area contributed by atoms with Crippen LogP contribution in [0.5, 0.6) is 0 Å². The number of rotatable bonds is 6. The summed E-state index contributed by atoms with van der Waals surface area (Å²) in [6.07, 6.45) is 0.951. The molecule has 5 nitrogen and oxygen atoms in total. The number of nitrogens with one attached hydrogen (secondary N) is 2. The highest BCUT2D eigenvalue weighted by Crippen LogP contribution is 2.27. The number of oxazole rings is 1. The Hall–Kier alpha value is -4.29. The summed E-state index contributed by atoms with van der Waals surface area (Å²) in [5, 5.41) is 6.19. The first kappa shape index (κ1) is 23.5. The summed E-state index contributed by atoms with van der Waals surface area (Å²) < 4.78 is 5.92. The number of aryl methyl sites for hydroxylation is 1. The van der Waals surface area contributed by atoms with Gasteiger partial charge in [-0.1, -0.05) is 73.7 Å². The molecule has 0 aliphatic heterocycles.